The van der Waals surface area contributed by atoms with Crippen molar-refractivity contribution < 1.29 is 144 Å². The predicted octanol–water partition coefficient (Wildman–Crippen LogP) is 24.4. The zero-order valence-corrected chi connectivity index (χ0v) is 68.2. The lowest BCUT2D eigenvalue weighted by atomic mass is 9.70. The summed E-state index contributed by atoms with van der Waals surface area (Å²) in [6, 6.07) is 65.3. The zero-order valence-electron chi connectivity index (χ0n) is 68.2. The van der Waals surface area contributed by atoms with E-state index in [0.717, 1.165) is 104 Å². The Morgan fingerprint density at radius 3 is 0.760 bits per heavy atom. The van der Waals surface area contributed by atoms with Gasteiger partial charge in [-0.05, 0) is 177 Å². The molecule has 1 unspecified atom stereocenters. The van der Waals surface area contributed by atoms with E-state index in [4.69, 9.17) is 0 Å². The summed E-state index contributed by atoms with van der Waals surface area (Å²) in [6.07, 6.45) is -34.2. The van der Waals surface area contributed by atoms with Crippen LogP contribution in [0, 0.1) is 5.92 Å². The van der Waals surface area contributed by atoms with E-state index in [-0.39, 0.29) is 109 Å². The van der Waals surface area contributed by atoms with E-state index in [2.05, 4.69) is 44.4 Å². The highest BCUT2D eigenvalue weighted by Crippen LogP contribution is 2.45. The predicted molar refractivity (Wildman–Crippen MR) is 429 cm³/mol. The van der Waals surface area contributed by atoms with Crippen LogP contribution in [0.1, 0.15) is 106 Å². The van der Waals surface area contributed by atoms with E-state index in [1.54, 1.807) is 103 Å². The van der Waals surface area contributed by atoms with Gasteiger partial charge < -0.3 is 44.4 Å². The molecule has 3 amide bonds. The van der Waals surface area contributed by atoms with Crippen LogP contribution in [-0.2, 0) is 74.8 Å². The molecule has 0 heterocycles. The van der Waals surface area contributed by atoms with Crippen molar-refractivity contribution in [2.24, 2.45) is 5.92 Å². The highest BCUT2D eigenvalue weighted by atomic mass is 19.4. The number of hydrogen-bond acceptors (Lipinski definition) is 9. The van der Waals surface area contributed by atoms with Crippen molar-refractivity contribution in [3.05, 3.63) is 357 Å². The minimum Gasteiger partial charge on any atom is -0.406 e. The fraction of sp³-hybridized carbons (Fsp3) is 0.266. The number of halogens is 23. The molecule has 0 aliphatic rings. The molecule has 0 spiro atoms. The van der Waals surface area contributed by atoms with Gasteiger partial charge in [-0.25, -0.2) is 8.78 Å². The summed E-state index contributed by atoms with van der Waals surface area (Å²) in [4.78, 5) is 39.1. The van der Waals surface area contributed by atoms with E-state index in [1.165, 1.54) is 97.1 Å². The number of amides is 3. The Labute approximate surface area is 724 Å². The number of benzene rings is 11. The van der Waals surface area contributed by atoms with Crippen molar-refractivity contribution in [2.45, 2.75) is 132 Å². The van der Waals surface area contributed by atoms with Gasteiger partial charge in [0.1, 0.15) is 34.5 Å². The summed E-state index contributed by atoms with van der Waals surface area (Å²) >= 11 is 0. The maximum absolute atomic E-state index is 13.9. The first-order valence-electron chi connectivity index (χ1n) is 39.1. The van der Waals surface area contributed by atoms with Crippen LogP contribution in [0.25, 0.3) is 0 Å². The molecule has 0 aromatic heterocycles. The Hall–Kier alpha value is -13.0. The maximum atomic E-state index is 13.9. The van der Waals surface area contributed by atoms with Gasteiger partial charge in [-0.3, -0.25) is 14.4 Å². The fourth-order valence-electron chi connectivity index (χ4n) is 14.2. The van der Waals surface area contributed by atoms with Crippen LogP contribution in [0.5, 0.6) is 34.5 Å². The van der Waals surface area contributed by atoms with Crippen molar-refractivity contribution >= 4 is 17.7 Å². The topological polar surface area (TPSA) is 143 Å². The molecule has 11 aromatic carbocycles. The van der Waals surface area contributed by atoms with E-state index in [0.29, 0.717) is 22.3 Å². The lowest BCUT2D eigenvalue weighted by molar-refractivity contribution is -0.275. The zero-order chi connectivity index (χ0) is 94.4. The van der Waals surface area contributed by atoms with Gasteiger partial charge in [0.15, 0.2) is 0 Å². The Morgan fingerprint density at radius 2 is 0.512 bits per heavy atom. The Bertz CT molecular complexity index is 5290. The van der Waals surface area contributed by atoms with Crippen LogP contribution < -0.4 is 44.4 Å². The van der Waals surface area contributed by atoms with Gasteiger partial charge in [-0.15, -0.1) is 79.0 Å². The first-order chi connectivity index (χ1) is 60.3. The van der Waals surface area contributed by atoms with E-state index in [9.17, 15) is 115 Å². The number of alkyl halides is 23. The van der Waals surface area contributed by atoms with Gasteiger partial charge >= 0.3 is 44.4 Å². The summed E-state index contributed by atoms with van der Waals surface area (Å²) in [7, 11) is 0. The van der Waals surface area contributed by atoms with Crippen molar-refractivity contribution in [1.82, 2.24) is 16.0 Å². The minimum absolute atomic E-state index is 0.0105. The molecule has 3 N–H and O–H groups in total. The number of hydrogen-bond donors (Lipinski definition) is 3. The molecule has 0 aliphatic carbocycles. The van der Waals surface area contributed by atoms with Crippen molar-refractivity contribution in [3.8, 4) is 34.5 Å². The van der Waals surface area contributed by atoms with Gasteiger partial charge in [0.2, 0.25) is 17.7 Å². The summed E-state index contributed by atoms with van der Waals surface area (Å²) in [5.41, 5.74) is -1.61. The van der Waals surface area contributed by atoms with Gasteiger partial charge in [0, 0.05) is 54.8 Å². The molecule has 0 saturated heterocycles. The maximum Gasteiger partial charge on any atom is 0.573 e. The van der Waals surface area contributed by atoms with Crippen molar-refractivity contribution in [3.63, 3.8) is 0 Å². The molecule has 0 fully saturated rings. The quantitative estimate of drug-likeness (QED) is 0.0351. The second-order valence-electron chi connectivity index (χ2n) is 29.9. The second kappa shape index (κ2) is 42.3. The molecule has 129 heavy (non-hydrogen) atoms. The minimum atomic E-state index is -5.04. The van der Waals surface area contributed by atoms with Crippen LogP contribution in [0.3, 0.4) is 0 Å². The van der Waals surface area contributed by atoms with Crippen molar-refractivity contribution in [1.29, 1.82) is 0 Å². The van der Waals surface area contributed by atoms with Crippen LogP contribution in [-0.4, -0.2) is 75.5 Å². The summed E-state index contributed by atoms with van der Waals surface area (Å²) < 4.78 is 328. The standard InChI is InChI=1S/C33H27F8NO3.C32H24F9NO3.C29H29F6NO3/c1-30(34,35)24-11-5-10-23(16-24)17-29(43)42-21-31(20-22-8-3-2-4-9-22,25-12-6-14-27(18-25)44-32(36,37)38)26-13-7-15-28(19-26)45-33(39,40)41;33-30(34,35)23-14-12-21(13-15-23)16-28(43)42-20-29(19-22-6-2-1-3-7-22,24-8-4-10-26(17-24)44-31(36,37)38)25-9-5-11-27(18-25)45-32(39,40)41;1-3-20(2)15-26(37)36-19-27(18-21-9-5-4-6-10-21,22-11-7-13-24(16-22)38-28(30,31)32)23-12-8-14-25(17-23)39-29(33,34)35/h2-16,18-19H,17,20-21H2,1H3,(H,42,43);1-15,17-18H,16,19-20H2,(H,42,43);4-14,16-17,20H,3,15,18-19H2,1-2H3,(H,36,37). The van der Waals surface area contributed by atoms with Crippen LogP contribution in [0.4, 0.5) is 101 Å². The molecular weight excluding hydrogens is 1750 g/mol. The first kappa shape index (κ1) is 99.8. The van der Waals surface area contributed by atoms with E-state index in [1.807, 2.05) is 13.8 Å². The highest BCUT2D eigenvalue weighted by Gasteiger charge is 2.44. The molecule has 686 valence electrons. The SMILES string of the molecule is CC(F)(F)c1cccc(CC(=O)NCC(Cc2ccccc2)(c2cccc(OC(F)(F)F)c2)c2cccc(OC(F)(F)F)c2)c1.CCC(C)CC(=O)NCC(Cc1ccccc1)(c1cccc(OC(F)(F)F)c1)c1cccc(OC(F)(F)F)c1.O=C(Cc1ccc(C(F)(F)F)cc1)NCC(Cc1ccccc1)(c1cccc(OC(F)(F)F)c1)c1cccc(OC(F)(F)F)c1. The molecule has 1 atom stereocenters. The average Bonchev–Trinajstić information content (AvgIpc) is 0.771. The number of carbonyl (C=O) groups is 3. The average molecular weight is 1830 g/mol. The molecule has 12 nitrogen and oxygen atoms in total. The van der Waals surface area contributed by atoms with Crippen LogP contribution >= 0.6 is 0 Å². The molecule has 35 heteroatoms. The number of carbonyl (C=O) groups excluding carboxylic acids is 3. The number of rotatable bonds is 32. The van der Waals surface area contributed by atoms with Crippen molar-refractivity contribution in [2.75, 3.05) is 19.6 Å². The monoisotopic (exact) mass is 1830 g/mol. The number of nitrogens with one attached hydrogen (secondary N) is 3. The molecule has 11 rings (SSSR count). The Balaban J connectivity index is 0.000000219. The molecule has 0 aliphatic heterocycles. The lowest BCUT2D eigenvalue weighted by Crippen LogP contribution is -2.44. The Kier molecular flexibility index (Phi) is 32.7. The van der Waals surface area contributed by atoms with E-state index >= 15 is 0 Å². The highest BCUT2D eigenvalue weighted by molar-refractivity contribution is 5.80. The van der Waals surface area contributed by atoms with Gasteiger partial charge in [-0.2, -0.15) is 13.2 Å². The third-order valence-electron chi connectivity index (χ3n) is 20.2. The van der Waals surface area contributed by atoms with Gasteiger partial charge in [-0.1, -0.05) is 214 Å². The van der Waals surface area contributed by atoms with Crippen LogP contribution in [0.15, 0.2) is 285 Å². The fourth-order valence-corrected chi connectivity index (χ4v) is 14.2. The smallest absolute Gasteiger partial charge is 0.406 e. The third-order valence-corrected chi connectivity index (χ3v) is 20.2. The van der Waals surface area contributed by atoms with Gasteiger partial charge in [0.05, 0.1) is 18.4 Å². The molecule has 0 saturated carbocycles. The molecular formula is C94H80F23N3O9. The molecule has 0 bridgehead atoms. The summed E-state index contributed by atoms with van der Waals surface area (Å²) in [5.74, 6) is -7.97. The van der Waals surface area contributed by atoms with Gasteiger partial charge in [0.25, 0.3) is 5.92 Å². The molecule has 0 radical (unpaired) electrons. The second-order valence-corrected chi connectivity index (χ2v) is 29.9. The van der Waals surface area contributed by atoms with Crippen LogP contribution in [0.2, 0.25) is 0 Å². The summed E-state index contributed by atoms with van der Waals surface area (Å²) in [5, 5.41) is 8.29. The number of ether oxygens (including phenoxy) is 6. The summed E-state index contributed by atoms with van der Waals surface area (Å²) in [6.45, 7) is 3.81. The largest absolute Gasteiger partial charge is 0.573 e. The lowest BCUT2D eigenvalue weighted by Gasteiger charge is -2.36. The normalized spacial score (nSPS) is 12.6. The third kappa shape index (κ3) is 31.5. The Morgan fingerprint density at radius 1 is 0.271 bits per heavy atom. The van der Waals surface area contributed by atoms with E-state index < -0.39 is 118 Å². The molecule has 11 aromatic rings. The first-order valence-corrected chi connectivity index (χ1v) is 39.1.